The van der Waals surface area contributed by atoms with E-state index in [1.807, 2.05) is 18.2 Å². The van der Waals surface area contributed by atoms with Crippen molar-refractivity contribution in [1.29, 1.82) is 0 Å². The molecule has 0 saturated heterocycles. The summed E-state index contributed by atoms with van der Waals surface area (Å²) in [4.78, 5) is 13.4. The molecule has 2 aromatic carbocycles. The van der Waals surface area contributed by atoms with Crippen LogP contribution < -0.4 is 5.32 Å². The molecule has 0 bridgehead atoms. The number of rotatable bonds is 6. The molecule has 0 aliphatic heterocycles. The molecule has 1 N–H and O–H groups in total. The second-order valence-electron chi connectivity index (χ2n) is 6.44. The SMILES string of the molecule is C[C@H](NC(=O)CCSc1ccccc1)c1ccc2c(c1)CCCC2. The van der Waals surface area contributed by atoms with Crippen LogP contribution in [-0.4, -0.2) is 11.7 Å². The highest BCUT2D eigenvalue weighted by molar-refractivity contribution is 7.99. The normalized spacial score (nSPS) is 14.7. The Kier molecular flexibility index (Phi) is 5.97. The van der Waals surface area contributed by atoms with Gasteiger partial charge in [-0.1, -0.05) is 36.4 Å². The Bertz CT molecular complexity index is 683. The van der Waals surface area contributed by atoms with Crippen LogP contribution in [0.5, 0.6) is 0 Å². The van der Waals surface area contributed by atoms with Crippen molar-refractivity contribution in [1.82, 2.24) is 5.32 Å². The number of amides is 1. The standard InChI is InChI=1S/C21H25NOS/c1-16(18-12-11-17-7-5-6-8-19(17)15-18)22-21(23)13-14-24-20-9-3-2-4-10-20/h2-4,9-12,15-16H,5-8,13-14H2,1H3,(H,22,23)/t16-/m0/s1. The lowest BCUT2D eigenvalue weighted by molar-refractivity contribution is -0.121. The van der Waals surface area contributed by atoms with E-state index in [1.54, 1.807) is 11.8 Å². The lowest BCUT2D eigenvalue weighted by atomic mass is 9.89. The van der Waals surface area contributed by atoms with Gasteiger partial charge in [0.05, 0.1) is 6.04 Å². The Hall–Kier alpha value is -1.74. The van der Waals surface area contributed by atoms with Gasteiger partial charge in [0.2, 0.25) is 5.91 Å². The van der Waals surface area contributed by atoms with E-state index in [0.717, 1.165) is 5.75 Å². The van der Waals surface area contributed by atoms with Crippen LogP contribution in [0, 0.1) is 0 Å². The molecule has 1 aliphatic carbocycles. The van der Waals surface area contributed by atoms with Crippen LogP contribution in [-0.2, 0) is 17.6 Å². The highest BCUT2D eigenvalue weighted by Gasteiger charge is 2.14. The fourth-order valence-electron chi connectivity index (χ4n) is 3.20. The molecule has 1 aliphatic rings. The molecule has 0 heterocycles. The van der Waals surface area contributed by atoms with Crippen LogP contribution >= 0.6 is 11.8 Å². The van der Waals surface area contributed by atoms with Crippen LogP contribution in [0.4, 0.5) is 0 Å². The molecular formula is C21H25NOS. The van der Waals surface area contributed by atoms with E-state index >= 15 is 0 Å². The summed E-state index contributed by atoms with van der Waals surface area (Å²) in [6.45, 7) is 2.08. The highest BCUT2D eigenvalue weighted by Crippen LogP contribution is 2.25. The third-order valence-electron chi connectivity index (χ3n) is 4.59. The summed E-state index contributed by atoms with van der Waals surface area (Å²) >= 11 is 1.73. The van der Waals surface area contributed by atoms with Gasteiger partial charge in [-0.15, -0.1) is 11.8 Å². The average Bonchev–Trinajstić information content (AvgIpc) is 2.62. The second-order valence-corrected chi connectivity index (χ2v) is 7.60. The van der Waals surface area contributed by atoms with Crippen molar-refractivity contribution in [3.05, 3.63) is 65.2 Å². The molecule has 24 heavy (non-hydrogen) atoms. The molecule has 0 unspecified atom stereocenters. The molecule has 3 heteroatoms. The molecule has 3 rings (SSSR count). The van der Waals surface area contributed by atoms with Gasteiger partial charge >= 0.3 is 0 Å². The maximum absolute atomic E-state index is 12.2. The van der Waals surface area contributed by atoms with E-state index in [1.165, 1.54) is 47.3 Å². The molecule has 0 fully saturated rings. The molecule has 0 spiro atoms. The minimum Gasteiger partial charge on any atom is -0.350 e. The summed E-state index contributed by atoms with van der Waals surface area (Å²) in [5, 5.41) is 3.14. The van der Waals surface area contributed by atoms with Gasteiger partial charge in [-0.2, -0.15) is 0 Å². The summed E-state index contributed by atoms with van der Waals surface area (Å²) < 4.78 is 0. The Morgan fingerprint density at radius 3 is 2.62 bits per heavy atom. The van der Waals surface area contributed by atoms with Crippen molar-refractivity contribution in [3.63, 3.8) is 0 Å². The Morgan fingerprint density at radius 2 is 1.83 bits per heavy atom. The third-order valence-corrected chi connectivity index (χ3v) is 5.60. The van der Waals surface area contributed by atoms with E-state index in [2.05, 4.69) is 42.6 Å². The van der Waals surface area contributed by atoms with Crippen molar-refractivity contribution < 1.29 is 4.79 Å². The number of carbonyl (C=O) groups is 1. The number of benzene rings is 2. The molecule has 0 saturated carbocycles. The molecule has 126 valence electrons. The number of hydrogen-bond donors (Lipinski definition) is 1. The smallest absolute Gasteiger partial charge is 0.221 e. The predicted molar refractivity (Wildman–Crippen MR) is 101 cm³/mol. The first-order valence-electron chi connectivity index (χ1n) is 8.81. The molecule has 1 amide bonds. The van der Waals surface area contributed by atoms with Gasteiger partial charge in [0.25, 0.3) is 0 Å². The maximum Gasteiger partial charge on any atom is 0.221 e. The van der Waals surface area contributed by atoms with Crippen LogP contribution in [0.25, 0.3) is 0 Å². The van der Waals surface area contributed by atoms with Crippen molar-refractivity contribution in [3.8, 4) is 0 Å². The first kappa shape index (κ1) is 17.1. The lowest BCUT2D eigenvalue weighted by Gasteiger charge is -2.20. The van der Waals surface area contributed by atoms with Crippen LogP contribution in [0.15, 0.2) is 53.4 Å². The van der Waals surface area contributed by atoms with Gasteiger partial charge in [-0.05, 0) is 61.4 Å². The van der Waals surface area contributed by atoms with Gasteiger partial charge in [0.15, 0.2) is 0 Å². The van der Waals surface area contributed by atoms with E-state index in [0.29, 0.717) is 6.42 Å². The maximum atomic E-state index is 12.2. The first-order valence-corrected chi connectivity index (χ1v) is 9.80. The van der Waals surface area contributed by atoms with Crippen LogP contribution in [0.1, 0.15) is 48.9 Å². The molecule has 1 atom stereocenters. The average molecular weight is 340 g/mol. The van der Waals surface area contributed by atoms with Crippen molar-refractivity contribution in [2.24, 2.45) is 0 Å². The van der Waals surface area contributed by atoms with Crippen LogP contribution in [0.3, 0.4) is 0 Å². The fourth-order valence-corrected chi connectivity index (χ4v) is 4.07. The number of carbonyl (C=O) groups excluding carboxylic acids is 1. The predicted octanol–water partition coefficient (Wildman–Crippen LogP) is 4.93. The second kappa shape index (κ2) is 8.39. The van der Waals surface area contributed by atoms with Crippen LogP contribution in [0.2, 0.25) is 0 Å². The molecular weight excluding hydrogens is 314 g/mol. The molecule has 2 aromatic rings. The zero-order valence-electron chi connectivity index (χ0n) is 14.3. The number of fused-ring (bicyclic) bond motifs is 1. The largest absolute Gasteiger partial charge is 0.350 e. The van der Waals surface area contributed by atoms with Crippen molar-refractivity contribution >= 4 is 17.7 Å². The zero-order valence-corrected chi connectivity index (χ0v) is 15.1. The van der Waals surface area contributed by atoms with Gasteiger partial charge in [0, 0.05) is 17.1 Å². The Morgan fingerprint density at radius 1 is 1.08 bits per heavy atom. The van der Waals surface area contributed by atoms with Gasteiger partial charge in [-0.3, -0.25) is 4.79 Å². The Labute approximate surface area is 149 Å². The van der Waals surface area contributed by atoms with Crippen molar-refractivity contribution in [2.45, 2.75) is 50.0 Å². The minimum absolute atomic E-state index is 0.0754. The van der Waals surface area contributed by atoms with Gasteiger partial charge < -0.3 is 5.32 Å². The monoisotopic (exact) mass is 339 g/mol. The van der Waals surface area contributed by atoms with E-state index in [-0.39, 0.29) is 11.9 Å². The first-order chi connectivity index (χ1) is 11.7. The third kappa shape index (κ3) is 4.64. The minimum atomic E-state index is 0.0754. The number of nitrogens with one attached hydrogen (secondary N) is 1. The lowest BCUT2D eigenvalue weighted by Crippen LogP contribution is -2.27. The number of aryl methyl sites for hydroxylation is 2. The summed E-state index contributed by atoms with van der Waals surface area (Å²) in [6.07, 6.45) is 5.52. The highest BCUT2D eigenvalue weighted by atomic mass is 32.2. The topological polar surface area (TPSA) is 29.1 Å². The van der Waals surface area contributed by atoms with Crippen molar-refractivity contribution in [2.75, 3.05) is 5.75 Å². The number of thioether (sulfide) groups is 1. The quantitative estimate of drug-likeness (QED) is 0.757. The van der Waals surface area contributed by atoms with Gasteiger partial charge in [0.1, 0.15) is 0 Å². The summed E-state index contributed by atoms with van der Waals surface area (Å²) in [7, 11) is 0. The number of hydrogen-bond acceptors (Lipinski definition) is 2. The summed E-state index contributed by atoms with van der Waals surface area (Å²) in [5.41, 5.74) is 4.18. The zero-order chi connectivity index (χ0) is 16.8. The van der Waals surface area contributed by atoms with E-state index in [9.17, 15) is 4.79 Å². The molecule has 2 nitrogen and oxygen atoms in total. The fraction of sp³-hybridized carbons (Fsp3) is 0.381. The van der Waals surface area contributed by atoms with E-state index in [4.69, 9.17) is 0 Å². The molecule has 0 radical (unpaired) electrons. The summed E-state index contributed by atoms with van der Waals surface area (Å²) in [5.74, 6) is 0.941. The van der Waals surface area contributed by atoms with E-state index < -0.39 is 0 Å². The summed E-state index contributed by atoms with van der Waals surface area (Å²) in [6, 6.07) is 17.0. The van der Waals surface area contributed by atoms with Gasteiger partial charge in [-0.25, -0.2) is 0 Å². The Balaban J connectivity index is 1.49. The molecule has 0 aromatic heterocycles.